The van der Waals surface area contributed by atoms with E-state index in [9.17, 15) is 0 Å². The van der Waals surface area contributed by atoms with Crippen molar-refractivity contribution in [1.29, 1.82) is 0 Å². The monoisotopic (exact) mass is 353 g/mol. The lowest BCUT2D eigenvalue weighted by Gasteiger charge is -2.18. The van der Waals surface area contributed by atoms with Crippen molar-refractivity contribution in [3.8, 4) is 5.75 Å². The highest BCUT2D eigenvalue weighted by Crippen LogP contribution is 2.33. The van der Waals surface area contributed by atoms with Gasteiger partial charge >= 0.3 is 0 Å². The van der Waals surface area contributed by atoms with Crippen LogP contribution in [0, 0.1) is 0 Å². The van der Waals surface area contributed by atoms with Crippen LogP contribution in [0.15, 0.2) is 46.9 Å². The minimum atomic E-state index is -0.302. The summed E-state index contributed by atoms with van der Waals surface area (Å²) in [6.07, 6.45) is 0.961. The first-order valence-corrected chi connectivity index (χ1v) is 7.72. The average Bonchev–Trinajstić information content (AvgIpc) is 2.45. The maximum absolute atomic E-state index is 6.36. The summed E-state index contributed by atoms with van der Waals surface area (Å²) in [5.74, 6) is 0.820. The Bertz CT molecular complexity index is 588. The highest BCUT2D eigenvalue weighted by Gasteiger charge is 2.16. The quantitative estimate of drug-likeness (QED) is 0.825. The third kappa shape index (κ3) is 3.54. The predicted octanol–water partition coefficient (Wildman–Crippen LogP) is 4.94. The Balaban J connectivity index is 2.35. The summed E-state index contributed by atoms with van der Waals surface area (Å²) >= 11 is 9.68. The van der Waals surface area contributed by atoms with Crippen molar-refractivity contribution >= 4 is 27.5 Å². The minimum absolute atomic E-state index is 0.302. The molecule has 0 saturated heterocycles. The molecular formula is C16H17BrClNO. The molecule has 0 bridgehead atoms. The van der Waals surface area contributed by atoms with Crippen molar-refractivity contribution in [2.24, 2.45) is 5.73 Å². The van der Waals surface area contributed by atoms with Crippen LogP contribution < -0.4 is 10.5 Å². The summed E-state index contributed by atoms with van der Waals surface area (Å²) in [5.41, 5.74) is 8.20. The smallest absolute Gasteiger partial charge is 0.124 e. The number of hydrogen-bond acceptors (Lipinski definition) is 2. The van der Waals surface area contributed by atoms with Gasteiger partial charge in [-0.05, 0) is 30.2 Å². The molecule has 2 N–H and O–H groups in total. The Morgan fingerprint density at radius 3 is 2.65 bits per heavy atom. The maximum atomic E-state index is 6.36. The SMILES string of the molecule is CCCOc1ccccc1C(N)c1ccc(Br)cc1Cl. The van der Waals surface area contributed by atoms with Crippen molar-refractivity contribution in [3.63, 3.8) is 0 Å². The minimum Gasteiger partial charge on any atom is -0.493 e. The zero-order valence-corrected chi connectivity index (χ0v) is 13.6. The predicted molar refractivity (Wildman–Crippen MR) is 87.4 cm³/mol. The summed E-state index contributed by atoms with van der Waals surface area (Å²) in [5, 5.41) is 0.650. The molecule has 106 valence electrons. The second-order valence-corrected chi connectivity index (χ2v) is 5.85. The molecule has 0 saturated carbocycles. The fourth-order valence-electron chi connectivity index (χ4n) is 2.00. The first kappa shape index (κ1) is 15.4. The van der Waals surface area contributed by atoms with Crippen LogP contribution in [0.5, 0.6) is 5.75 Å². The lowest BCUT2D eigenvalue weighted by Crippen LogP contribution is -2.14. The van der Waals surface area contributed by atoms with Gasteiger partial charge in [0.2, 0.25) is 0 Å². The number of nitrogens with two attached hydrogens (primary N) is 1. The third-order valence-corrected chi connectivity index (χ3v) is 3.83. The summed E-state index contributed by atoms with van der Waals surface area (Å²) in [6.45, 7) is 2.76. The second kappa shape index (κ2) is 7.11. The van der Waals surface area contributed by atoms with Crippen molar-refractivity contribution in [2.45, 2.75) is 19.4 Å². The van der Waals surface area contributed by atoms with Crippen molar-refractivity contribution in [1.82, 2.24) is 0 Å². The Morgan fingerprint density at radius 2 is 1.95 bits per heavy atom. The van der Waals surface area contributed by atoms with E-state index in [1.54, 1.807) is 0 Å². The van der Waals surface area contributed by atoms with E-state index in [0.29, 0.717) is 11.6 Å². The summed E-state index contributed by atoms with van der Waals surface area (Å²) < 4.78 is 6.70. The van der Waals surface area contributed by atoms with Gasteiger partial charge in [0.25, 0.3) is 0 Å². The zero-order chi connectivity index (χ0) is 14.5. The summed E-state index contributed by atoms with van der Waals surface area (Å²) in [7, 11) is 0. The molecule has 0 aromatic heterocycles. The number of ether oxygens (including phenoxy) is 1. The lowest BCUT2D eigenvalue weighted by molar-refractivity contribution is 0.313. The topological polar surface area (TPSA) is 35.2 Å². The molecular weight excluding hydrogens is 338 g/mol. The molecule has 2 aromatic rings. The van der Waals surface area contributed by atoms with Crippen molar-refractivity contribution in [2.75, 3.05) is 6.61 Å². The molecule has 0 aliphatic rings. The molecule has 1 atom stereocenters. The molecule has 0 spiro atoms. The van der Waals surface area contributed by atoms with Crippen molar-refractivity contribution < 1.29 is 4.74 Å². The van der Waals surface area contributed by atoms with Crippen LogP contribution in [-0.4, -0.2) is 6.61 Å². The molecule has 20 heavy (non-hydrogen) atoms. The molecule has 2 nitrogen and oxygen atoms in total. The molecule has 0 radical (unpaired) electrons. The van der Waals surface area contributed by atoms with E-state index in [0.717, 1.165) is 27.8 Å². The second-order valence-electron chi connectivity index (χ2n) is 4.53. The van der Waals surface area contributed by atoms with Crippen LogP contribution in [0.3, 0.4) is 0 Å². The van der Waals surface area contributed by atoms with Gasteiger partial charge in [0, 0.05) is 15.1 Å². The van der Waals surface area contributed by atoms with Gasteiger partial charge in [0.05, 0.1) is 12.6 Å². The number of benzene rings is 2. The van der Waals surface area contributed by atoms with Gasteiger partial charge in [-0.2, -0.15) is 0 Å². The largest absolute Gasteiger partial charge is 0.493 e. The first-order valence-electron chi connectivity index (χ1n) is 6.55. The van der Waals surface area contributed by atoms with Crippen LogP contribution in [0.1, 0.15) is 30.5 Å². The van der Waals surface area contributed by atoms with Crippen LogP contribution in [0.2, 0.25) is 5.02 Å². The fraction of sp³-hybridized carbons (Fsp3) is 0.250. The van der Waals surface area contributed by atoms with Crippen LogP contribution >= 0.6 is 27.5 Å². The standard InChI is InChI=1S/C16H17BrClNO/c1-2-9-20-15-6-4-3-5-13(15)16(19)12-8-7-11(17)10-14(12)18/h3-8,10,16H,2,9,19H2,1H3. The third-order valence-electron chi connectivity index (χ3n) is 3.01. The van der Waals surface area contributed by atoms with Gasteiger partial charge in [0.15, 0.2) is 0 Å². The van der Waals surface area contributed by atoms with E-state index < -0.39 is 0 Å². The van der Waals surface area contributed by atoms with Gasteiger partial charge in [-0.3, -0.25) is 0 Å². The van der Waals surface area contributed by atoms with E-state index >= 15 is 0 Å². The van der Waals surface area contributed by atoms with Gasteiger partial charge in [-0.15, -0.1) is 0 Å². The molecule has 0 aliphatic carbocycles. The molecule has 0 amide bonds. The van der Waals surface area contributed by atoms with Crippen LogP contribution in [0.4, 0.5) is 0 Å². The highest BCUT2D eigenvalue weighted by atomic mass is 79.9. The molecule has 4 heteroatoms. The van der Waals surface area contributed by atoms with Gasteiger partial charge in [-0.25, -0.2) is 0 Å². The molecule has 1 unspecified atom stereocenters. The Kier molecular flexibility index (Phi) is 5.46. The fourth-order valence-corrected chi connectivity index (χ4v) is 2.79. The van der Waals surface area contributed by atoms with Crippen LogP contribution in [0.25, 0.3) is 0 Å². The van der Waals surface area contributed by atoms with Gasteiger partial charge in [-0.1, -0.05) is 58.7 Å². The highest BCUT2D eigenvalue weighted by molar-refractivity contribution is 9.10. The number of para-hydroxylation sites is 1. The lowest BCUT2D eigenvalue weighted by atomic mass is 9.99. The number of hydrogen-bond donors (Lipinski definition) is 1. The van der Waals surface area contributed by atoms with E-state index in [1.165, 1.54) is 0 Å². The van der Waals surface area contributed by atoms with E-state index in [4.69, 9.17) is 22.1 Å². The summed E-state index contributed by atoms with van der Waals surface area (Å²) in [6, 6.07) is 13.3. The molecule has 0 fully saturated rings. The summed E-state index contributed by atoms with van der Waals surface area (Å²) in [4.78, 5) is 0. The van der Waals surface area contributed by atoms with E-state index in [1.807, 2.05) is 42.5 Å². The van der Waals surface area contributed by atoms with E-state index in [-0.39, 0.29) is 6.04 Å². The Hall–Kier alpha value is -1.03. The van der Waals surface area contributed by atoms with Gasteiger partial charge < -0.3 is 10.5 Å². The maximum Gasteiger partial charge on any atom is 0.124 e. The molecule has 0 aliphatic heterocycles. The van der Waals surface area contributed by atoms with Crippen molar-refractivity contribution in [3.05, 3.63) is 63.1 Å². The van der Waals surface area contributed by atoms with Crippen LogP contribution in [-0.2, 0) is 0 Å². The molecule has 2 rings (SSSR count). The first-order chi connectivity index (χ1) is 9.63. The molecule has 2 aromatic carbocycles. The Labute approximate surface area is 133 Å². The molecule has 0 heterocycles. The van der Waals surface area contributed by atoms with Gasteiger partial charge in [0.1, 0.15) is 5.75 Å². The average molecular weight is 355 g/mol. The van der Waals surface area contributed by atoms with E-state index in [2.05, 4.69) is 22.9 Å². The number of halogens is 2. The number of rotatable bonds is 5. The normalized spacial score (nSPS) is 12.2. The Morgan fingerprint density at radius 1 is 1.20 bits per heavy atom. The zero-order valence-electron chi connectivity index (χ0n) is 11.3.